The van der Waals surface area contributed by atoms with Gasteiger partial charge >= 0.3 is 5.97 Å². The van der Waals surface area contributed by atoms with Crippen molar-refractivity contribution in [1.82, 2.24) is 5.32 Å². The number of rotatable bonds is 9. The molecule has 0 radical (unpaired) electrons. The summed E-state index contributed by atoms with van der Waals surface area (Å²) in [6.07, 6.45) is 0.219. The van der Waals surface area contributed by atoms with E-state index in [-0.39, 0.29) is 19.6 Å². The molecule has 1 atom stereocenters. The SMILES string of the molecule is COCCC(NC(=O)COCc1ccccc1)C(=O)O. The lowest BCUT2D eigenvalue weighted by atomic mass is 10.2. The molecule has 0 aromatic heterocycles. The van der Waals surface area contributed by atoms with E-state index in [1.807, 2.05) is 30.3 Å². The molecule has 6 heteroatoms. The van der Waals surface area contributed by atoms with E-state index in [1.165, 1.54) is 7.11 Å². The number of nitrogens with one attached hydrogen (secondary N) is 1. The Bertz CT molecular complexity index is 421. The number of carbonyl (C=O) groups excluding carboxylic acids is 1. The number of carbonyl (C=O) groups is 2. The van der Waals surface area contributed by atoms with Gasteiger partial charge in [-0.15, -0.1) is 0 Å². The van der Waals surface area contributed by atoms with E-state index in [0.29, 0.717) is 6.61 Å². The molecule has 1 amide bonds. The summed E-state index contributed by atoms with van der Waals surface area (Å²) in [7, 11) is 1.48. The summed E-state index contributed by atoms with van der Waals surface area (Å²) < 4.78 is 10.0. The van der Waals surface area contributed by atoms with Crippen LogP contribution in [0.3, 0.4) is 0 Å². The number of methoxy groups -OCH3 is 1. The minimum Gasteiger partial charge on any atom is -0.480 e. The molecule has 0 aliphatic rings. The fourth-order valence-corrected chi connectivity index (χ4v) is 1.56. The summed E-state index contributed by atoms with van der Waals surface area (Å²) in [4.78, 5) is 22.5. The normalized spacial score (nSPS) is 11.8. The first-order valence-corrected chi connectivity index (χ1v) is 6.26. The van der Waals surface area contributed by atoms with Crippen molar-refractivity contribution in [3.63, 3.8) is 0 Å². The van der Waals surface area contributed by atoms with Crippen LogP contribution in [0.5, 0.6) is 0 Å². The first-order chi connectivity index (χ1) is 9.63. The van der Waals surface area contributed by atoms with Crippen LogP contribution in [-0.2, 0) is 25.7 Å². The number of hydrogen-bond acceptors (Lipinski definition) is 4. The molecule has 6 nitrogen and oxygen atoms in total. The highest BCUT2D eigenvalue weighted by Gasteiger charge is 2.19. The molecule has 0 saturated heterocycles. The highest BCUT2D eigenvalue weighted by atomic mass is 16.5. The highest BCUT2D eigenvalue weighted by molar-refractivity contribution is 5.84. The lowest BCUT2D eigenvalue weighted by Crippen LogP contribution is -2.43. The van der Waals surface area contributed by atoms with Gasteiger partial charge in [0, 0.05) is 20.1 Å². The molecule has 0 heterocycles. The number of ether oxygens (including phenoxy) is 2. The zero-order chi connectivity index (χ0) is 14.8. The Labute approximate surface area is 117 Å². The van der Waals surface area contributed by atoms with Crippen LogP contribution >= 0.6 is 0 Å². The third kappa shape index (κ3) is 6.31. The van der Waals surface area contributed by atoms with Gasteiger partial charge in [-0.25, -0.2) is 4.79 Å². The summed E-state index contributed by atoms with van der Waals surface area (Å²) in [5, 5.41) is 11.3. The van der Waals surface area contributed by atoms with Crippen molar-refractivity contribution in [3.05, 3.63) is 35.9 Å². The van der Waals surface area contributed by atoms with Gasteiger partial charge in [-0.05, 0) is 5.56 Å². The highest BCUT2D eigenvalue weighted by Crippen LogP contribution is 2.00. The third-order valence-electron chi connectivity index (χ3n) is 2.59. The van der Waals surface area contributed by atoms with E-state index in [0.717, 1.165) is 5.56 Å². The number of carboxylic acids is 1. The van der Waals surface area contributed by atoms with E-state index in [9.17, 15) is 9.59 Å². The summed E-state index contributed by atoms with van der Waals surface area (Å²) in [5.41, 5.74) is 0.953. The largest absolute Gasteiger partial charge is 0.480 e. The zero-order valence-corrected chi connectivity index (χ0v) is 11.4. The first kappa shape index (κ1) is 16.1. The molecule has 0 aliphatic heterocycles. The quantitative estimate of drug-likeness (QED) is 0.699. The predicted molar refractivity (Wildman–Crippen MR) is 72.2 cm³/mol. The van der Waals surface area contributed by atoms with Crippen LogP contribution in [0.25, 0.3) is 0 Å². The molecule has 0 saturated carbocycles. The van der Waals surface area contributed by atoms with E-state index in [2.05, 4.69) is 5.32 Å². The van der Waals surface area contributed by atoms with E-state index in [1.54, 1.807) is 0 Å². The first-order valence-electron chi connectivity index (χ1n) is 6.26. The Balaban J connectivity index is 2.29. The number of carboxylic acid groups (broad SMARTS) is 1. The maximum Gasteiger partial charge on any atom is 0.326 e. The lowest BCUT2D eigenvalue weighted by Gasteiger charge is -2.14. The average Bonchev–Trinajstić information content (AvgIpc) is 2.44. The monoisotopic (exact) mass is 281 g/mol. The lowest BCUT2D eigenvalue weighted by molar-refractivity contribution is -0.143. The minimum atomic E-state index is -1.08. The molecular weight excluding hydrogens is 262 g/mol. The van der Waals surface area contributed by atoms with Crippen LogP contribution in [-0.4, -0.2) is 43.3 Å². The number of aliphatic carboxylic acids is 1. The van der Waals surface area contributed by atoms with Crippen molar-refractivity contribution in [2.24, 2.45) is 0 Å². The van der Waals surface area contributed by atoms with Gasteiger partial charge in [0.25, 0.3) is 0 Å². The Kier molecular flexibility index (Phi) is 7.31. The van der Waals surface area contributed by atoms with Crippen molar-refractivity contribution in [2.45, 2.75) is 19.1 Å². The minimum absolute atomic E-state index is 0.175. The van der Waals surface area contributed by atoms with Crippen molar-refractivity contribution in [2.75, 3.05) is 20.3 Å². The van der Waals surface area contributed by atoms with Crippen LogP contribution in [0.15, 0.2) is 30.3 Å². The Morgan fingerprint density at radius 1 is 1.30 bits per heavy atom. The summed E-state index contributed by atoms with van der Waals surface area (Å²) >= 11 is 0. The van der Waals surface area contributed by atoms with Gasteiger partial charge in [-0.2, -0.15) is 0 Å². The zero-order valence-electron chi connectivity index (χ0n) is 11.4. The summed E-state index contributed by atoms with van der Waals surface area (Å²) in [6, 6.07) is 8.47. The molecule has 0 spiro atoms. The van der Waals surface area contributed by atoms with Crippen molar-refractivity contribution < 1.29 is 24.2 Å². The fourth-order valence-electron chi connectivity index (χ4n) is 1.56. The number of hydrogen-bond donors (Lipinski definition) is 2. The van der Waals surface area contributed by atoms with Crippen LogP contribution < -0.4 is 5.32 Å². The fraction of sp³-hybridized carbons (Fsp3) is 0.429. The maximum atomic E-state index is 11.6. The van der Waals surface area contributed by atoms with Gasteiger partial charge in [0.05, 0.1) is 6.61 Å². The predicted octanol–water partition coefficient (Wildman–Crippen LogP) is 0.809. The second kappa shape index (κ2) is 9.06. The van der Waals surface area contributed by atoms with Gasteiger partial charge in [-0.1, -0.05) is 30.3 Å². The molecule has 110 valence electrons. The number of benzene rings is 1. The van der Waals surface area contributed by atoms with Gasteiger partial charge in [-0.3, -0.25) is 4.79 Å². The maximum absolute atomic E-state index is 11.6. The molecule has 1 aromatic rings. The van der Waals surface area contributed by atoms with Gasteiger partial charge in [0.2, 0.25) is 5.91 Å². The molecule has 0 fully saturated rings. The van der Waals surface area contributed by atoms with Crippen LogP contribution in [0, 0.1) is 0 Å². The van der Waals surface area contributed by atoms with Gasteiger partial charge < -0.3 is 19.9 Å². The number of amides is 1. The third-order valence-corrected chi connectivity index (χ3v) is 2.59. The average molecular weight is 281 g/mol. The Morgan fingerprint density at radius 2 is 2.00 bits per heavy atom. The van der Waals surface area contributed by atoms with Crippen LogP contribution in [0.1, 0.15) is 12.0 Å². The van der Waals surface area contributed by atoms with Crippen LogP contribution in [0.2, 0.25) is 0 Å². The van der Waals surface area contributed by atoms with Gasteiger partial charge in [0.15, 0.2) is 0 Å². The molecule has 1 unspecified atom stereocenters. The molecule has 1 rings (SSSR count). The second-order valence-corrected chi connectivity index (χ2v) is 4.22. The molecular formula is C14H19NO5. The second-order valence-electron chi connectivity index (χ2n) is 4.22. The molecule has 1 aromatic carbocycles. The standard InChI is InChI=1S/C14H19NO5/c1-19-8-7-12(14(17)18)15-13(16)10-20-9-11-5-3-2-4-6-11/h2-6,12H,7-10H2,1H3,(H,15,16)(H,17,18). The summed E-state index contributed by atoms with van der Waals surface area (Å²) in [5.74, 6) is -1.54. The Morgan fingerprint density at radius 3 is 2.60 bits per heavy atom. The molecule has 2 N–H and O–H groups in total. The molecule has 0 aliphatic carbocycles. The Hall–Kier alpha value is -1.92. The van der Waals surface area contributed by atoms with E-state index < -0.39 is 17.9 Å². The van der Waals surface area contributed by atoms with Crippen molar-refractivity contribution >= 4 is 11.9 Å². The van der Waals surface area contributed by atoms with Gasteiger partial charge in [0.1, 0.15) is 12.6 Å². The van der Waals surface area contributed by atoms with E-state index in [4.69, 9.17) is 14.6 Å². The summed E-state index contributed by atoms with van der Waals surface area (Å²) in [6.45, 7) is 0.401. The van der Waals surface area contributed by atoms with Crippen molar-refractivity contribution in [3.8, 4) is 0 Å². The van der Waals surface area contributed by atoms with Crippen LogP contribution in [0.4, 0.5) is 0 Å². The van der Waals surface area contributed by atoms with E-state index >= 15 is 0 Å². The molecule has 20 heavy (non-hydrogen) atoms. The van der Waals surface area contributed by atoms with Crippen molar-refractivity contribution in [1.29, 1.82) is 0 Å². The smallest absolute Gasteiger partial charge is 0.326 e. The topological polar surface area (TPSA) is 84.9 Å². The molecule has 0 bridgehead atoms.